The van der Waals surface area contributed by atoms with Gasteiger partial charge in [-0.3, -0.25) is 0 Å². The minimum absolute atomic E-state index is 0.230. The van der Waals surface area contributed by atoms with E-state index in [1.54, 1.807) is 48.7 Å². The Bertz CT molecular complexity index is 893. The first kappa shape index (κ1) is 16.2. The lowest BCUT2D eigenvalue weighted by molar-refractivity contribution is 0.590. The van der Waals surface area contributed by atoms with E-state index in [0.717, 1.165) is 11.1 Å². The summed E-state index contributed by atoms with van der Waals surface area (Å²) in [4.78, 5) is 4.49. The van der Waals surface area contributed by atoms with Crippen LogP contribution < -0.4 is 4.31 Å². The molecule has 0 unspecified atom stereocenters. The van der Waals surface area contributed by atoms with Gasteiger partial charge in [0, 0.05) is 6.20 Å². The Labute approximate surface area is 142 Å². The lowest BCUT2D eigenvalue weighted by Crippen LogP contribution is -2.31. The zero-order valence-corrected chi connectivity index (χ0v) is 14.1. The van der Waals surface area contributed by atoms with Crippen LogP contribution in [0.4, 0.5) is 5.82 Å². The normalized spacial score (nSPS) is 11.2. The van der Waals surface area contributed by atoms with Crippen molar-refractivity contribution in [3.63, 3.8) is 0 Å². The van der Waals surface area contributed by atoms with E-state index in [1.807, 2.05) is 37.3 Å². The summed E-state index contributed by atoms with van der Waals surface area (Å²) in [5.41, 5.74) is 1.92. The van der Waals surface area contributed by atoms with Crippen LogP contribution in [0.15, 0.2) is 83.9 Å². The average molecular weight is 338 g/mol. The molecule has 0 fully saturated rings. The maximum Gasteiger partial charge on any atom is 0.265 e. The molecule has 0 atom stereocenters. The number of benzene rings is 2. The highest BCUT2D eigenvalue weighted by atomic mass is 32.2. The molecule has 24 heavy (non-hydrogen) atoms. The van der Waals surface area contributed by atoms with Gasteiger partial charge in [-0.2, -0.15) is 0 Å². The number of sulfonamides is 1. The molecule has 0 spiro atoms. The van der Waals surface area contributed by atoms with Crippen LogP contribution in [-0.2, 0) is 16.6 Å². The summed E-state index contributed by atoms with van der Waals surface area (Å²) in [6, 6.07) is 21.6. The Hall–Kier alpha value is -2.66. The molecular weight excluding hydrogens is 320 g/mol. The lowest BCUT2D eigenvalue weighted by Gasteiger charge is -2.23. The summed E-state index contributed by atoms with van der Waals surface area (Å²) >= 11 is 0. The molecule has 1 aromatic heterocycles. The highest BCUT2D eigenvalue weighted by molar-refractivity contribution is 7.92. The molecule has 0 bridgehead atoms. The highest BCUT2D eigenvalue weighted by Gasteiger charge is 2.25. The summed E-state index contributed by atoms with van der Waals surface area (Å²) in [7, 11) is -3.70. The van der Waals surface area contributed by atoms with Gasteiger partial charge in [-0.15, -0.1) is 0 Å². The molecule has 0 amide bonds. The third-order valence-corrected chi connectivity index (χ3v) is 5.45. The predicted molar refractivity (Wildman–Crippen MR) is 95.2 cm³/mol. The van der Waals surface area contributed by atoms with Gasteiger partial charge in [0.05, 0.1) is 11.4 Å². The number of nitrogens with zero attached hydrogens (tertiary/aromatic N) is 2. The van der Waals surface area contributed by atoms with Gasteiger partial charge >= 0.3 is 0 Å². The molecule has 0 saturated heterocycles. The summed E-state index contributed by atoms with van der Waals surface area (Å²) in [5, 5.41) is 0. The second kappa shape index (κ2) is 6.84. The van der Waals surface area contributed by atoms with Crippen molar-refractivity contribution in [1.82, 2.24) is 4.98 Å². The van der Waals surface area contributed by atoms with Crippen molar-refractivity contribution in [2.75, 3.05) is 4.31 Å². The van der Waals surface area contributed by atoms with E-state index in [1.165, 1.54) is 4.31 Å². The maximum atomic E-state index is 13.1. The van der Waals surface area contributed by atoms with Crippen molar-refractivity contribution in [1.29, 1.82) is 0 Å². The summed E-state index contributed by atoms with van der Waals surface area (Å²) in [6.45, 7) is 2.16. The topological polar surface area (TPSA) is 50.3 Å². The molecular formula is C19H18N2O2S. The molecule has 0 N–H and O–H groups in total. The molecule has 0 saturated carbocycles. The van der Waals surface area contributed by atoms with Gasteiger partial charge in [-0.1, -0.05) is 54.1 Å². The molecule has 5 heteroatoms. The Balaban J connectivity index is 2.05. The van der Waals surface area contributed by atoms with Crippen molar-refractivity contribution >= 4 is 15.8 Å². The van der Waals surface area contributed by atoms with Gasteiger partial charge < -0.3 is 0 Å². The number of anilines is 1. The minimum atomic E-state index is -3.70. The first-order valence-electron chi connectivity index (χ1n) is 7.62. The largest absolute Gasteiger partial charge is 0.265 e. The summed E-state index contributed by atoms with van der Waals surface area (Å²) < 4.78 is 27.6. The highest BCUT2D eigenvalue weighted by Crippen LogP contribution is 2.24. The van der Waals surface area contributed by atoms with Crippen LogP contribution in [0.1, 0.15) is 11.1 Å². The van der Waals surface area contributed by atoms with E-state index < -0.39 is 10.0 Å². The number of hydrogen-bond donors (Lipinski definition) is 0. The minimum Gasteiger partial charge on any atom is -0.245 e. The van der Waals surface area contributed by atoms with Gasteiger partial charge in [0.25, 0.3) is 10.0 Å². The van der Waals surface area contributed by atoms with Gasteiger partial charge in [-0.05, 0) is 36.8 Å². The third kappa shape index (κ3) is 3.46. The van der Waals surface area contributed by atoms with Crippen LogP contribution in [0.3, 0.4) is 0 Å². The maximum absolute atomic E-state index is 13.1. The first-order chi connectivity index (χ1) is 11.6. The zero-order valence-electron chi connectivity index (χ0n) is 13.3. The Morgan fingerprint density at radius 2 is 1.54 bits per heavy atom. The van der Waals surface area contributed by atoms with E-state index in [-0.39, 0.29) is 11.4 Å². The predicted octanol–water partition coefficient (Wildman–Crippen LogP) is 3.79. The molecule has 3 rings (SSSR count). The zero-order chi connectivity index (χ0) is 17.0. The van der Waals surface area contributed by atoms with Gasteiger partial charge in [0.15, 0.2) is 0 Å². The van der Waals surface area contributed by atoms with E-state index in [0.29, 0.717) is 5.82 Å². The molecule has 2 aromatic carbocycles. The van der Waals surface area contributed by atoms with Crippen LogP contribution in [0, 0.1) is 6.92 Å². The molecule has 0 radical (unpaired) electrons. The van der Waals surface area contributed by atoms with Crippen LogP contribution >= 0.6 is 0 Å². The number of aromatic nitrogens is 1. The smallest absolute Gasteiger partial charge is 0.245 e. The SMILES string of the molecule is Cc1ccc(S(=O)(=O)N(Cc2ccccc2)c2ccccn2)cc1. The summed E-state index contributed by atoms with van der Waals surface area (Å²) in [6.07, 6.45) is 1.60. The lowest BCUT2D eigenvalue weighted by atomic mass is 10.2. The van der Waals surface area contributed by atoms with Crippen molar-refractivity contribution in [3.8, 4) is 0 Å². The van der Waals surface area contributed by atoms with Gasteiger partial charge in [0.1, 0.15) is 5.82 Å². The van der Waals surface area contributed by atoms with Crippen molar-refractivity contribution < 1.29 is 8.42 Å². The van der Waals surface area contributed by atoms with Crippen LogP contribution in [0.2, 0.25) is 0 Å². The molecule has 3 aromatic rings. The third-order valence-electron chi connectivity index (χ3n) is 3.68. The van der Waals surface area contributed by atoms with Crippen molar-refractivity contribution in [2.24, 2.45) is 0 Å². The molecule has 0 aliphatic carbocycles. The van der Waals surface area contributed by atoms with Crippen LogP contribution in [-0.4, -0.2) is 13.4 Å². The molecule has 4 nitrogen and oxygen atoms in total. The van der Waals surface area contributed by atoms with Gasteiger partial charge in [0.2, 0.25) is 0 Å². The molecule has 0 aliphatic rings. The standard InChI is InChI=1S/C19H18N2O2S/c1-16-10-12-18(13-11-16)24(22,23)21(19-9-5-6-14-20-19)15-17-7-3-2-4-8-17/h2-14H,15H2,1H3. The fourth-order valence-electron chi connectivity index (χ4n) is 2.38. The van der Waals surface area contributed by atoms with Crippen molar-refractivity contribution in [3.05, 3.63) is 90.1 Å². The molecule has 1 heterocycles. The monoisotopic (exact) mass is 338 g/mol. The molecule has 0 aliphatic heterocycles. The van der Waals surface area contributed by atoms with E-state index in [2.05, 4.69) is 4.98 Å². The number of pyridine rings is 1. The first-order valence-corrected chi connectivity index (χ1v) is 9.06. The Morgan fingerprint density at radius 1 is 0.875 bits per heavy atom. The second-order valence-corrected chi connectivity index (χ2v) is 7.36. The van der Waals surface area contributed by atoms with E-state index in [4.69, 9.17) is 0 Å². The quantitative estimate of drug-likeness (QED) is 0.711. The number of hydrogen-bond acceptors (Lipinski definition) is 3. The Kier molecular flexibility index (Phi) is 4.62. The average Bonchev–Trinajstić information content (AvgIpc) is 2.61. The van der Waals surface area contributed by atoms with E-state index in [9.17, 15) is 8.42 Å². The fraction of sp³-hybridized carbons (Fsp3) is 0.105. The number of rotatable bonds is 5. The van der Waals surface area contributed by atoms with E-state index >= 15 is 0 Å². The molecule has 122 valence electrons. The van der Waals surface area contributed by atoms with Gasteiger partial charge in [-0.25, -0.2) is 17.7 Å². The Morgan fingerprint density at radius 3 is 2.17 bits per heavy atom. The van der Waals surface area contributed by atoms with Crippen LogP contribution in [0.5, 0.6) is 0 Å². The van der Waals surface area contributed by atoms with Crippen LogP contribution in [0.25, 0.3) is 0 Å². The van der Waals surface area contributed by atoms with Crippen molar-refractivity contribution in [2.45, 2.75) is 18.4 Å². The summed E-state index contributed by atoms with van der Waals surface area (Å²) in [5.74, 6) is 0.405. The fourth-order valence-corrected chi connectivity index (χ4v) is 3.78. The number of aryl methyl sites for hydroxylation is 1. The second-order valence-electron chi connectivity index (χ2n) is 5.50.